The molecule has 0 aliphatic carbocycles. The van der Waals surface area contributed by atoms with Crippen molar-refractivity contribution in [2.45, 2.75) is 20.0 Å². The highest BCUT2D eigenvalue weighted by Gasteiger charge is 2.02. The molecule has 3 N–H and O–H groups in total. The second-order valence-corrected chi connectivity index (χ2v) is 3.50. The predicted octanol–water partition coefficient (Wildman–Crippen LogP) is 1.04. The van der Waals surface area contributed by atoms with E-state index in [1.165, 1.54) is 0 Å². The predicted molar refractivity (Wildman–Crippen MR) is 66.8 cm³/mol. The summed E-state index contributed by atoms with van der Waals surface area (Å²) in [6, 6.07) is 1.71. The molecular formula is C11H20N4O2. The zero-order chi connectivity index (χ0) is 12.5. The Morgan fingerprint density at radius 3 is 2.94 bits per heavy atom. The third kappa shape index (κ3) is 5.46. The van der Waals surface area contributed by atoms with Crippen molar-refractivity contribution in [2.24, 2.45) is 0 Å². The highest BCUT2D eigenvalue weighted by Crippen LogP contribution is 2.09. The summed E-state index contributed by atoms with van der Waals surface area (Å²) in [5, 5.41) is 3.17. The molecule has 6 heteroatoms. The van der Waals surface area contributed by atoms with Gasteiger partial charge in [0.05, 0.1) is 0 Å². The fourth-order valence-electron chi connectivity index (χ4n) is 1.30. The number of nitrogens with one attached hydrogen (secondary N) is 1. The van der Waals surface area contributed by atoms with Gasteiger partial charge in [0.25, 0.3) is 0 Å². The van der Waals surface area contributed by atoms with E-state index >= 15 is 0 Å². The molecule has 1 heterocycles. The first-order valence-electron chi connectivity index (χ1n) is 5.70. The van der Waals surface area contributed by atoms with Crippen LogP contribution in [0.3, 0.4) is 0 Å². The molecule has 0 radical (unpaired) electrons. The van der Waals surface area contributed by atoms with Gasteiger partial charge in [-0.2, -0.15) is 0 Å². The maximum Gasteiger partial charge on any atom is 0.158 e. The number of hydrogen-bond acceptors (Lipinski definition) is 6. The lowest BCUT2D eigenvalue weighted by Crippen LogP contribution is -2.09. The normalized spacial score (nSPS) is 10.5. The highest BCUT2D eigenvalue weighted by atomic mass is 16.5. The van der Waals surface area contributed by atoms with Crippen molar-refractivity contribution in [2.75, 3.05) is 37.9 Å². The lowest BCUT2D eigenvalue weighted by molar-refractivity contribution is 0.128. The van der Waals surface area contributed by atoms with Crippen LogP contribution >= 0.6 is 0 Å². The average molecular weight is 240 g/mol. The van der Waals surface area contributed by atoms with Gasteiger partial charge in [-0.15, -0.1) is 0 Å². The topological polar surface area (TPSA) is 82.3 Å². The summed E-state index contributed by atoms with van der Waals surface area (Å²) in [7, 11) is 1.68. The Labute approximate surface area is 102 Å². The largest absolute Gasteiger partial charge is 0.385 e. The van der Waals surface area contributed by atoms with Crippen molar-refractivity contribution in [3.8, 4) is 0 Å². The van der Waals surface area contributed by atoms with Crippen LogP contribution in [0.5, 0.6) is 0 Å². The van der Waals surface area contributed by atoms with Crippen molar-refractivity contribution in [1.82, 2.24) is 9.97 Å². The molecule has 0 atom stereocenters. The lowest BCUT2D eigenvalue weighted by Gasteiger charge is -2.08. The van der Waals surface area contributed by atoms with Crippen LogP contribution in [0.4, 0.5) is 11.6 Å². The van der Waals surface area contributed by atoms with E-state index in [0.717, 1.165) is 25.4 Å². The van der Waals surface area contributed by atoms with E-state index in [0.29, 0.717) is 24.9 Å². The van der Waals surface area contributed by atoms with Gasteiger partial charge in [-0.3, -0.25) is 0 Å². The smallest absolute Gasteiger partial charge is 0.158 e. The number of ether oxygens (including phenoxy) is 2. The fraction of sp³-hybridized carbons (Fsp3) is 0.636. The van der Waals surface area contributed by atoms with Crippen LogP contribution in [0.1, 0.15) is 19.2 Å². The standard InChI is InChI=1S/C11H20N4O2/c1-3-17-8-11-14-9(12)7-10(15-11)13-5-4-6-16-2/h7H,3-6,8H2,1-2H3,(H3,12,13,14,15). The third-order valence-corrected chi connectivity index (χ3v) is 2.06. The Bertz CT molecular complexity index is 333. The van der Waals surface area contributed by atoms with Gasteiger partial charge in [-0.25, -0.2) is 9.97 Å². The summed E-state index contributed by atoms with van der Waals surface area (Å²) in [6.45, 7) is 4.46. The second kappa shape index (κ2) is 7.81. The summed E-state index contributed by atoms with van der Waals surface area (Å²) in [4.78, 5) is 8.39. The summed E-state index contributed by atoms with van der Waals surface area (Å²) >= 11 is 0. The fourth-order valence-corrected chi connectivity index (χ4v) is 1.30. The molecule has 1 aromatic heterocycles. The van der Waals surface area contributed by atoms with Gasteiger partial charge >= 0.3 is 0 Å². The van der Waals surface area contributed by atoms with Crippen LogP contribution in [0, 0.1) is 0 Å². The van der Waals surface area contributed by atoms with Crippen LogP contribution in [0.2, 0.25) is 0 Å². The third-order valence-electron chi connectivity index (χ3n) is 2.06. The number of rotatable bonds is 8. The molecule has 0 saturated carbocycles. The SMILES string of the molecule is CCOCc1nc(N)cc(NCCCOC)n1. The van der Waals surface area contributed by atoms with E-state index in [1.54, 1.807) is 13.2 Å². The summed E-state index contributed by atoms with van der Waals surface area (Å²) < 4.78 is 10.2. The molecule has 0 amide bonds. The Hall–Kier alpha value is -1.40. The van der Waals surface area contributed by atoms with Gasteiger partial charge in [0.1, 0.15) is 18.2 Å². The van der Waals surface area contributed by atoms with Crippen molar-refractivity contribution in [3.05, 3.63) is 11.9 Å². The molecule has 0 fully saturated rings. The minimum atomic E-state index is 0.383. The second-order valence-electron chi connectivity index (χ2n) is 3.50. The van der Waals surface area contributed by atoms with Crippen molar-refractivity contribution in [1.29, 1.82) is 0 Å². The minimum Gasteiger partial charge on any atom is -0.385 e. The summed E-state index contributed by atoms with van der Waals surface area (Å²) in [5.41, 5.74) is 5.69. The van der Waals surface area contributed by atoms with E-state index in [2.05, 4.69) is 15.3 Å². The molecule has 0 bridgehead atoms. The zero-order valence-corrected chi connectivity index (χ0v) is 10.4. The van der Waals surface area contributed by atoms with Crippen LogP contribution in [-0.4, -0.2) is 36.8 Å². The van der Waals surface area contributed by atoms with Crippen LogP contribution in [0.15, 0.2) is 6.07 Å². The molecule has 0 saturated heterocycles. The van der Waals surface area contributed by atoms with Crippen molar-refractivity contribution < 1.29 is 9.47 Å². The molecule has 0 aliphatic heterocycles. The Morgan fingerprint density at radius 2 is 2.24 bits per heavy atom. The molecule has 0 unspecified atom stereocenters. The molecule has 1 aromatic rings. The zero-order valence-electron chi connectivity index (χ0n) is 10.4. The van der Waals surface area contributed by atoms with Crippen LogP contribution < -0.4 is 11.1 Å². The molecule has 17 heavy (non-hydrogen) atoms. The first-order valence-corrected chi connectivity index (χ1v) is 5.70. The Morgan fingerprint density at radius 1 is 1.41 bits per heavy atom. The molecule has 0 aliphatic rings. The molecule has 96 valence electrons. The lowest BCUT2D eigenvalue weighted by atomic mass is 10.4. The Kier molecular flexibility index (Phi) is 6.27. The number of aromatic nitrogens is 2. The van der Waals surface area contributed by atoms with Crippen molar-refractivity contribution in [3.63, 3.8) is 0 Å². The molecule has 0 aromatic carbocycles. The molecule has 6 nitrogen and oxygen atoms in total. The van der Waals surface area contributed by atoms with Gasteiger partial charge in [-0.05, 0) is 13.3 Å². The number of methoxy groups -OCH3 is 1. The Balaban J connectivity index is 2.50. The van der Waals surface area contributed by atoms with E-state index in [9.17, 15) is 0 Å². The van der Waals surface area contributed by atoms with Crippen LogP contribution in [0.25, 0.3) is 0 Å². The van der Waals surface area contributed by atoms with Gasteiger partial charge in [0, 0.05) is 32.9 Å². The monoisotopic (exact) mass is 240 g/mol. The first kappa shape index (κ1) is 13.7. The molecule has 0 spiro atoms. The number of anilines is 2. The minimum absolute atomic E-state index is 0.383. The summed E-state index contributed by atoms with van der Waals surface area (Å²) in [6.07, 6.45) is 0.918. The van der Waals surface area contributed by atoms with E-state index in [-0.39, 0.29) is 0 Å². The van der Waals surface area contributed by atoms with E-state index < -0.39 is 0 Å². The highest BCUT2D eigenvalue weighted by molar-refractivity contribution is 5.44. The first-order chi connectivity index (χ1) is 8.26. The van der Waals surface area contributed by atoms with Crippen LogP contribution in [-0.2, 0) is 16.1 Å². The maximum absolute atomic E-state index is 5.69. The average Bonchev–Trinajstić information content (AvgIpc) is 2.31. The van der Waals surface area contributed by atoms with Gasteiger partial charge in [0.15, 0.2) is 5.82 Å². The molecule has 1 rings (SSSR count). The van der Waals surface area contributed by atoms with Gasteiger partial charge in [0.2, 0.25) is 0 Å². The number of hydrogen-bond donors (Lipinski definition) is 2. The maximum atomic E-state index is 5.69. The van der Waals surface area contributed by atoms with E-state index in [1.807, 2.05) is 6.92 Å². The van der Waals surface area contributed by atoms with Gasteiger partial charge in [-0.1, -0.05) is 0 Å². The number of nitrogens with zero attached hydrogens (tertiary/aromatic N) is 2. The molecular weight excluding hydrogens is 220 g/mol. The number of nitrogens with two attached hydrogens (primary N) is 1. The van der Waals surface area contributed by atoms with Gasteiger partial charge < -0.3 is 20.5 Å². The number of nitrogen functional groups attached to an aromatic ring is 1. The van der Waals surface area contributed by atoms with Crippen molar-refractivity contribution >= 4 is 11.6 Å². The summed E-state index contributed by atoms with van der Waals surface area (Å²) in [5.74, 6) is 1.77. The van der Waals surface area contributed by atoms with E-state index in [4.69, 9.17) is 15.2 Å². The quantitative estimate of drug-likeness (QED) is 0.661.